The zero-order valence-corrected chi connectivity index (χ0v) is 23.4. The van der Waals surface area contributed by atoms with Crippen molar-refractivity contribution in [3.8, 4) is 0 Å². The van der Waals surface area contributed by atoms with E-state index in [1.807, 2.05) is 0 Å². The van der Waals surface area contributed by atoms with Crippen LogP contribution in [0.4, 0.5) is 11.8 Å². The van der Waals surface area contributed by atoms with E-state index in [-0.39, 0.29) is 35.1 Å². The van der Waals surface area contributed by atoms with E-state index in [4.69, 9.17) is 25.3 Å². The SMILES string of the molecule is Nc1nc2c(nnn2C2(OP(=O)(S)OC[C@H]3O[C@@H](c4cnc5c(N)ncnn45)C[C@@H]3O)CS[C@H](CO)[C@H]2O)c(=O)[nH]1. The summed E-state index contributed by atoms with van der Waals surface area (Å²) < 4.78 is 33.2. The number of nitrogens with zero attached hydrogens (tertiary/aromatic N) is 8. The van der Waals surface area contributed by atoms with Crippen LogP contribution < -0.4 is 17.0 Å². The summed E-state index contributed by atoms with van der Waals surface area (Å²) in [5.74, 6) is -0.193. The Kier molecular flexibility index (Phi) is 7.19. The van der Waals surface area contributed by atoms with Gasteiger partial charge in [0, 0.05) is 12.2 Å². The summed E-state index contributed by atoms with van der Waals surface area (Å²) in [5.41, 5.74) is 9.32. The van der Waals surface area contributed by atoms with E-state index in [1.54, 1.807) is 0 Å². The summed E-state index contributed by atoms with van der Waals surface area (Å²) in [7, 11) is 0. The van der Waals surface area contributed by atoms with Crippen LogP contribution in [0.15, 0.2) is 17.3 Å². The van der Waals surface area contributed by atoms with Crippen LogP contribution in [0.5, 0.6) is 0 Å². The number of aromatic amines is 1. The Morgan fingerprint density at radius 1 is 1.32 bits per heavy atom. The number of imidazole rings is 1. The summed E-state index contributed by atoms with van der Waals surface area (Å²) in [6.45, 7) is -5.24. The van der Waals surface area contributed by atoms with Crippen molar-refractivity contribution in [1.29, 1.82) is 0 Å². The van der Waals surface area contributed by atoms with Gasteiger partial charge in [-0.15, -0.1) is 16.9 Å². The molecule has 0 radical (unpaired) electrons. The second-order valence-electron chi connectivity index (χ2n) is 9.33. The molecule has 2 aliphatic rings. The second-order valence-corrected chi connectivity index (χ2v) is 13.4. The molecule has 8 N–H and O–H groups in total. The topological polar surface area (TPSA) is 277 Å². The highest BCUT2D eigenvalue weighted by Crippen LogP contribution is 2.60. The van der Waals surface area contributed by atoms with Gasteiger partial charge in [-0.2, -0.15) is 14.8 Å². The third-order valence-corrected chi connectivity index (χ3v) is 9.80. The number of aliphatic hydroxyl groups excluding tert-OH is 3. The minimum Gasteiger partial charge on any atom is -0.395 e. The molecular formula is C19H24N11O8PS2. The van der Waals surface area contributed by atoms with Crippen LogP contribution in [0, 0.1) is 0 Å². The third kappa shape index (κ3) is 4.85. The lowest BCUT2D eigenvalue weighted by Crippen LogP contribution is -2.49. The van der Waals surface area contributed by atoms with E-state index < -0.39 is 61.0 Å². The molecule has 2 fully saturated rings. The Balaban J connectivity index is 1.23. The van der Waals surface area contributed by atoms with Gasteiger partial charge < -0.3 is 31.5 Å². The maximum Gasteiger partial charge on any atom is 0.388 e. The van der Waals surface area contributed by atoms with E-state index in [9.17, 15) is 24.7 Å². The number of nitrogens with two attached hydrogens (primary N) is 2. The molecule has 2 saturated heterocycles. The molecule has 7 atom stereocenters. The first kappa shape index (κ1) is 28.2. The van der Waals surface area contributed by atoms with Gasteiger partial charge >= 0.3 is 6.80 Å². The summed E-state index contributed by atoms with van der Waals surface area (Å²) in [4.78, 5) is 26.7. The van der Waals surface area contributed by atoms with Gasteiger partial charge in [-0.25, -0.2) is 19.0 Å². The highest BCUT2D eigenvalue weighted by molar-refractivity contribution is 8.44. The van der Waals surface area contributed by atoms with Gasteiger partial charge in [-0.1, -0.05) is 17.5 Å². The minimum atomic E-state index is -4.37. The molecule has 0 aliphatic carbocycles. The summed E-state index contributed by atoms with van der Waals surface area (Å²) in [6, 6.07) is 0. The zero-order chi connectivity index (χ0) is 29.1. The Morgan fingerprint density at radius 3 is 2.88 bits per heavy atom. The first-order chi connectivity index (χ1) is 19.5. The van der Waals surface area contributed by atoms with Gasteiger partial charge in [0.25, 0.3) is 5.56 Å². The molecule has 0 spiro atoms. The molecule has 6 rings (SSSR count). The van der Waals surface area contributed by atoms with Crippen molar-refractivity contribution in [3.63, 3.8) is 0 Å². The Hall–Kier alpha value is -2.88. The second kappa shape index (κ2) is 10.4. The predicted octanol–water partition coefficient (Wildman–Crippen LogP) is -1.80. The van der Waals surface area contributed by atoms with Crippen molar-refractivity contribution in [1.82, 2.24) is 44.5 Å². The number of fused-ring (bicyclic) bond motifs is 2. The van der Waals surface area contributed by atoms with Crippen LogP contribution in [0.1, 0.15) is 18.2 Å². The molecule has 41 heavy (non-hydrogen) atoms. The summed E-state index contributed by atoms with van der Waals surface area (Å²) in [6.07, 6.45) is -1.24. The molecule has 0 aromatic carbocycles. The van der Waals surface area contributed by atoms with Crippen molar-refractivity contribution in [3.05, 3.63) is 28.6 Å². The average Bonchev–Trinajstić information content (AvgIpc) is 3.69. The van der Waals surface area contributed by atoms with Gasteiger partial charge in [0.05, 0.1) is 36.5 Å². The van der Waals surface area contributed by atoms with Crippen molar-refractivity contribution in [2.24, 2.45) is 0 Å². The van der Waals surface area contributed by atoms with Crippen LogP contribution in [-0.4, -0.2) is 102 Å². The molecule has 0 bridgehead atoms. The molecule has 4 aromatic rings. The lowest BCUT2D eigenvalue weighted by molar-refractivity contribution is -0.104. The average molecular weight is 630 g/mol. The van der Waals surface area contributed by atoms with Crippen LogP contribution in [-0.2, 0) is 24.1 Å². The number of thioether (sulfide) groups is 1. The number of aliphatic hydroxyl groups is 3. The Bertz CT molecular complexity index is 1720. The number of hydrogen-bond acceptors (Lipinski definition) is 17. The molecular weight excluding hydrogens is 605 g/mol. The Labute approximate surface area is 238 Å². The monoisotopic (exact) mass is 629 g/mol. The summed E-state index contributed by atoms with van der Waals surface area (Å²) >= 11 is 5.19. The van der Waals surface area contributed by atoms with Crippen LogP contribution in [0.2, 0.25) is 0 Å². The van der Waals surface area contributed by atoms with E-state index in [0.29, 0.717) is 11.3 Å². The number of ether oxygens (including phenoxy) is 1. The number of H-pyrrole nitrogens is 1. The third-order valence-electron chi connectivity index (χ3n) is 6.77. The maximum atomic E-state index is 13.5. The number of thiol groups is 1. The standard InChI is InChI=1S/C19H24N11O8PS2/c20-14-16-22-2-7(29(16)24-6-23-14)9-1-8(32)10(37-9)4-36-39(35,40)38-19(5-41-11(3-31)13(19)33)30-15-12(27-28-30)17(34)26-18(21)25-15/h2,6,8-11,13,31-33H,1,3-5H2,(H,35,40)(H2,20,23,24)(H3,21,25,26,34)/t8-,9+,10+,11+,13+,19?,39?/m0/s1. The van der Waals surface area contributed by atoms with Gasteiger partial charge in [0.15, 0.2) is 22.6 Å². The molecule has 4 aromatic heterocycles. The van der Waals surface area contributed by atoms with Gasteiger partial charge in [0.2, 0.25) is 11.7 Å². The number of rotatable bonds is 8. The van der Waals surface area contributed by atoms with Crippen molar-refractivity contribution >= 4 is 59.4 Å². The van der Waals surface area contributed by atoms with Gasteiger partial charge in [-0.3, -0.25) is 18.8 Å². The first-order valence-electron chi connectivity index (χ1n) is 12.0. The number of hydrogen-bond donors (Lipinski definition) is 7. The van der Waals surface area contributed by atoms with Gasteiger partial charge in [0.1, 0.15) is 24.6 Å². The molecule has 2 aliphatic heterocycles. The van der Waals surface area contributed by atoms with Crippen LogP contribution >= 0.6 is 30.8 Å². The molecule has 19 nitrogen and oxygen atoms in total. The smallest absolute Gasteiger partial charge is 0.388 e. The molecule has 220 valence electrons. The molecule has 0 amide bonds. The lowest BCUT2D eigenvalue weighted by atomic mass is 10.1. The first-order valence-corrected chi connectivity index (χ1v) is 15.8. The lowest BCUT2D eigenvalue weighted by Gasteiger charge is -2.34. The number of anilines is 2. The van der Waals surface area contributed by atoms with Gasteiger partial charge in [-0.05, 0) is 0 Å². The molecule has 2 unspecified atom stereocenters. The van der Waals surface area contributed by atoms with Crippen LogP contribution in [0.3, 0.4) is 0 Å². The van der Waals surface area contributed by atoms with E-state index in [2.05, 4.69) is 47.6 Å². The fraction of sp³-hybridized carbons (Fsp3) is 0.526. The Morgan fingerprint density at radius 2 is 2.12 bits per heavy atom. The normalized spacial score (nSPS) is 29.9. The minimum absolute atomic E-state index is 0.107. The fourth-order valence-corrected chi connectivity index (χ4v) is 7.84. The quantitative estimate of drug-likeness (QED) is 0.0836. The molecule has 0 saturated carbocycles. The summed E-state index contributed by atoms with van der Waals surface area (Å²) in [5, 5.41) is 42.6. The predicted molar refractivity (Wildman–Crippen MR) is 145 cm³/mol. The van der Waals surface area contributed by atoms with E-state index >= 15 is 0 Å². The van der Waals surface area contributed by atoms with Crippen LogP contribution in [0.25, 0.3) is 16.8 Å². The number of nitrogens with one attached hydrogen (secondary N) is 1. The number of nitrogen functional groups attached to an aromatic ring is 2. The molecule has 6 heterocycles. The largest absolute Gasteiger partial charge is 0.395 e. The zero-order valence-electron chi connectivity index (χ0n) is 20.8. The van der Waals surface area contributed by atoms with Crippen molar-refractivity contribution < 1.29 is 33.7 Å². The van der Waals surface area contributed by atoms with Crippen molar-refractivity contribution in [2.45, 2.75) is 41.8 Å². The van der Waals surface area contributed by atoms with Crippen molar-refractivity contribution in [2.75, 3.05) is 30.4 Å². The fourth-order valence-electron chi connectivity index (χ4n) is 4.78. The molecule has 22 heteroatoms. The van der Waals surface area contributed by atoms with E-state index in [1.165, 1.54) is 17.0 Å². The highest BCUT2D eigenvalue weighted by atomic mass is 32.7. The van der Waals surface area contributed by atoms with E-state index in [0.717, 1.165) is 16.4 Å². The highest BCUT2D eigenvalue weighted by Gasteiger charge is 2.56. The number of aromatic nitrogens is 9. The maximum absolute atomic E-state index is 13.5.